The van der Waals surface area contributed by atoms with Crippen molar-refractivity contribution in [2.75, 3.05) is 13.7 Å². The largest absolute Gasteiger partial charge is 0.759 e. The highest BCUT2D eigenvalue weighted by Crippen LogP contribution is 2.44. The summed E-state index contributed by atoms with van der Waals surface area (Å²) in [7, 11) is -2.80. The van der Waals surface area contributed by atoms with Gasteiger partial charge in [0.2, 0.25) is 0 Å². The minimum Gasteiger partial charge on any atom is -0.759 e. The number of hydrogen-bond acceptors (Lipinski definition) is 7. The van der Waals surface area contributed by atoms with E-state index in [2.05, 4.69) is 20.9 Å². The molecule has 0 amide bonds. The summed E-state index contributed by atoms with van der Waals surface area (Å²) in [4.78, 5) is 12.6. The number of quaternary nitrogens is 1. The maximum absolute atomic E-state index is 12.6. The molecule has 3 rings (SSSR count). The highest BCUT2D eigenvalue weighted by atomic mass is 32.3. The third kappa shape index (κ3) is 5.99. The van der Waals surface area contributed by atoms with E-state index in [4.69, 9.17) is 22.3 Å². The van der Waals surface area contributed by atoms with Crippen molar-refractivity contribution < 1.29 is 36.6 Å². The fourth-order valence-electron chi connectivity index (χ4n) is 4.82. The summed E-state index contributed by atoms with van der Waals surface area (Å²) in [5.41, 5.74) is 0.826. The lowest BCUT2D eigenvalue weighted by molar-refractivity contribution is -0.968. The summed E-state index contributed by atoms with van der Waals surface area (Å²) in [6, 6.07) is 11.2. The van der Waals surface area contributed by atoms with Gasteiger partial charge in [-0.15, -0.1) is 0 Å². The van der Waals surface area contributed by atoms with Gasteiger partial charge in [0, 0.05) is 36.1 Å². The lowest BCUT2D eigenvalue weighted by Gasteiger charge is -2.49. The van der Waals surface area contributed by atoms with Crippen molar-refractivity contribution in [3.05, 3.63) is 35.9 Å². The van der Waals surface area contributed by atoms with Gasteiger partial charge in [-0.25, -0.2) is 0 Å². The molecule has 1 N–H and O–H groups in total. The van der Waals surface area contributed by atoms with Crippen LogP contribution >= 0.6 is 0 Å². The van der Waals surface area contributed by atoms with E-state index in [1.807, 2.05) is 30.3 Å². The lowest BCUT2D eigenvalue weighted by Crippen LogP contribution is -2.62. The van der Waals surface area contributed by atoms with E-state index < -0.39 is 16.3 Å². The van der Waals surface area contributed by atoms with Gasteiger partial charge in [0.1, 0.15) is 12.0 Å². The van der Waals surface area contributed by atoms with Crippen molar-refractivity contribution in [1.82, 2.24) is 0 Å². The maximum Gasteiger partial charge on any atom is 0.316 e. The second-order valence-electron chi connectivity index (χ2n) is 8.28. The second kappa shape index (κ2) is 9.53. The summed E-state index contributed by atoms with van der Waals surface area (Å²) in [6.07, 6.45) is 4.36. The molecule has 0 saturated carbocycles. The molecule has 1 aromatic rings. The fraction of sp³-hybridized carbons (Fsp3) is 0.650. The molecule has 1 unspecified atom stereocenters. The average Bonchev–Trinajstić information content (AvgIpc) is 2.79. The van der Waals surface area contributed by atoms with E-state index in [0.29, 0.717) is 18.1 Å². The van der Waals surface area contributed by atoms with Crippen molar-refractivity contribution in [2.24, 2.45) is 0 Å². The number of aliphatic hydroxyl groups is 1. The Kier molecular flexibility index (Phi) is 7.80. The molecule has 2 bridgehead atoms. The Morgan fingerprint density at radius 3 is 2.07 bits per heavy atom. The molecule has 3 atom stereocenters. The zero-order valence-electron chi connectivity index (χ0n) is 17.1. The number of ether oxygens (including phenoxy) is 1. The molecule has 2 fully saturated rings. The summed E-state index contributed by atoms with van der Waals surface area (Å²) < 4.78 is 41.0. The Morgan fingerprint density at radius 1 is 1.17 bits per heavy atom. The maximum atomic E-state index is 12.6. The van der Waals surface area contributed by atoms with Gasteiger partial charge in [0.25, 0.3) is 0 Å². The predicted octanol–water partition coefficient (Wildman–Crippen LogP) is 1.52. The monoisotopic (exact) mass is 428 g/mol. The number of carbonyl (C=O) groups is 1. The first kappa shape index (κ1) is 23.8. The molecular formula is C20H30NO7S-. The molecule has 164 valence electrons. The van der Waals surface area contributed by atoms with E-state index in [-0.39, 0.29) is 18.7 Å². The van der Waals surface area contributed by atoms with Crippen molar-refractivity contribution in [1.29, 1.82) is 0 Å². The molecular weight excluding hydrogens is 398 g/mol. The highest BCUT2D eigenvalue weighted by molar-refractivity contribution is 7.79. The molecule has 9 heteroatoms. The number of benzene rings is 1. The SMILES string of the molecule is CC(C)[N+]1(C)[C@@H]2CC[C@@H]1CC(OC(=O)C(CO)c1ccccc1)C2.O=S(=O)([O-])[O-]. The first-order valence-electron chi connectivity index (χ1n) is 9.85. The van der Waals surface area contributed by atoms with Crippen LogP contribution in [0.5, 0.6) is 0 Å². The van der Waals surface area contributed by atoms with Crippen molar-refractivity contribution in [2.45, 2.75) is 69.7 Å². The standard InChI is InChI=1S/C20H30NO3.H2O4S/c1-14(2)21(3)16-9-10-17(21)12-18(11-16)24-20(23)19(13-22)15-7-5-4-6-8-15;1-5(2,3)4/h4-8,14,16-19,22H,9-13H2,1-3H3;(H2,1,2,3,4)/q+1;/p-2/t16-,17-,18?,19?,21?;/m1./s1. The van der Waals surface area contributed by atoms with Crippen molar-refractivity contribution in [3.63, 3.8) is 0 Å². The number of rotatable bonds is 5. The van der Waals surface area contributed by atoms with E-state index in [0.717, 1.165) is 22.9 Å². The molecule has 1 aromatic carbocycles. The van der Waals surface area contributed by atoms with Crippen LogP contribution in [0, 0.1) is 0 Å². The zero-order chi connectivity index (χ0) is 21.8. The lowest BCUT2D eigenvalue weighted by atomic mass is 9.94. The molecule has 0 aliphatic carbocycles. The summed E-state index contributed by atoms with van der Waals surface area (Å²) in [5, 5.41) is 9.65. The molecule has 2 saturated heterocycles. The Labute approximate surface area is 172 Å². The number of aliphatic hydroxyl groups excluding tert-OH is 1. The first-order valence-corrected chi connectivity index (χ1v) is 11.2. The van der Waals surface area contributed by atoms with E-state index >= 15 is 0 Å². The fourth-order valence-corrected chi connectivity index (χ4v) is 4.82. The molecule has 0 spiro atoms. The minimum atomic E-state index is -5.17. The van der Waals surface area contributed by atoms with Crippen LogP contribution in [0.25, 0.3) is 0 Å². The van der Waals surface area contributed by atoms with Gasteiger partial charge in [0.15, 0.2) is 0 Å². The van der Waals surface area contributed by atoms with E-state index in [9.17, 15) is 9.90 Å². The number of esters is 1. The van der Waals surface area contributed by atoms with Crippen LogP contribution in [0.15, 0.2) is 30.3 Å². The second-order valence-corrected chi connectivity index (χ2v) is 9.10. The number of piperidine rings is 1. The molecule has 2 aliphatic rings. The van der Waals surface area contributed by atoms with Crippen LogP contribution in [-0.2, 0) is 19.9 Å². The Morgan fingerprint density at radius 2 is 1.66 bits per heavy atom. The number of fused-ring (bicyclic) bond motifs is 2. The molecule has 2 heterocycles. The van der Waals surface area contributed by atoms with Crippen LogP contribution in [0.1, 0.15) is 51.0 Å². The Balaban J connectivity index is 0.000000537. The summed E-state index contributed by atoms with van der Waals surface area (Å²) in [5.74, 6) is -0.856. The van der Waals surface area contributed by atoms with Crippen LogP contribution in [0.4, 0.5) is 0 Å². The highest BCUT2D eigenvalue weighted by Gasteiger charge is 2.53. The first-order chi connectivity index (χ1) is 13.5. The van der Waals surface area contributed by atoms with Crippen LogP contribution in [0.2, 0.25) is 0 Å². The van der Waals surface area contributed by atoms with Crippen LogP contribution < -0.4 is 0 Å². The van der Waals surface area contributed by atoms with Gasteiger partial charge >= 0.3 is 5.97 Å². The van der Waals surface area contributed by atoms with E-state index in [1.165, 1.54) is 12.8 Å². The van der Waals surface area contributed by atoms with E-state index in [1.54, 1.807) is 0 Å². The zero-order valence-corrected chi connectivity index (χ0v) is 17.9. The minimum absolute atomic E-state index is 0.00212. The third-order valence-corrected chi connectivity index (χ3v) is 6.54. The molecule has 0 aromatic heterocycles. The number of nitrogens with zero attached hydrogens (tertiary/aromatic N) is 1. The molecule has 8 nitrogen and oxygen atoms in total. The molecule has 0 radical (unpaired) electrons. The Bertz CT molecular complexity index is 759. The normalized spacial score (nSPS) is 29.7. The van der Waals surface area contributed by atoms with Gasteiger partial charge in [-0.1, -0.05) is 30.3 Å². The summed E-state index contributed by atoms with van der Waals surface area (Å²) in [6.45, 7) is 4.39. The molecule has 2 aliphatic heterocycles. The third-order valence-electron chi connectivity index (χ3n) is 6.54. The van der Waals surface area contributed by atoms with Crippen LogP contribution in [-0.4, -0.2) is 71.0 Å². The van der Waals surface area contributed by atoms with Crippen molar-refractivity contribution >= 4 is 16.4 Å². The smallest absolute Gasteiger partial charge is 0.316 e. The number of carbonyl (C=O) groups excluding carboxylic acids is 1. The predicted molar refractivity (Wildman–Crippen MR) is 104 cm³/mol. The average molecular weight is 429 g/mol. The van der Waals surface area contributed by atoms with Gasteiger partial charge in [-0.05, 0) is 19.4 Å². The molecule has 29 heavy (non-hydrogen) atoms. The van der Waals surface area contributed by atoms with Crippen molar-refractivity contribution in [3.8, 4) is 0 Å². The van der Waals surface area contributed by atoms with Gasteiger partial charge in [0.05, 0.1) is 31.8 Å². The summed E-state index contributed by atoms with van der Waals surface area (Å²) >= 11 is 0. The van der Waals surface area contributed by atoms with Gasteiger partial charge in [-0.3, -0.25) is 13.2 Å². The quantitative estimate of drug-likeness (QED) is 0.326. The van der Waals surface area contributed by atoms with Gasteiger partial charge < -0.3 is 23.4 Å². The van der Waals surface area contributed by atoms with Crippen LogP contribution in [0.3, 0.4) is 0 Å². The number of hydrogen-bond donors (Lipinski definition) is 1. The van der Waals surface area contributed by atoms with Gasteiger partial charge in [-0.2, -0.15) is 0 Å². The topological polar surface area (TPSA) is 127 Å². The Hall–Kier alpha value is -1.52.